The van der Waals surface area contributed by atoms with Crippen molar-refractivity contribution in [2.45, 2.75) is 37.9 Å². The number of piperidine rings is 1. The number of carboxylic acids is 1. The number of carbonyl (C=O) groups excluding carboxylic acids is 1. The molecule has 0 bridgehead atoms. The van der Waals surface area contributed by atoms with Crippen LogP contribution >= 0.6 is 0 Å². The molecule has 8 heteroatoms. The lowest BCUT2D eigenvalue weighted by Gasteiger charge is -2.33. The second-order valence-electron chi connectivity index (χ2n) is 4.35. The standard InChI is InChI=1S/C11H16F3NO4/c12-11(13,14)7-19-6-4-9(16)15-5-2-1-3-8(15)10(17)18/h8H,1-7H2,(H,17,18)/t8-/m0/s1. The molecule has 1 fully saturated rings. The number of likely N-dealkylation sites (tertiary alicyclic amines) is 1. The molecular weight excluding hydrogens is 267 g/mol. The van der Waals surface area contributed by atoms with Gasteiger partial charge < -0.3 is 14.7 Å². The lowest BCUT2D eigenvalue weighted by molar-refractivity contribution is -0.175. The summed E-state index contributed by atoms with van der Waals surface area (Å²) < 4.78 is 39.7. The highest BCUT2D eigenvalue weighted by Gasteiger charge is 2.32. The monoisotopic (exact) mass is 283 g/mol. The van der Waals surface area contributed by atoms with E-state index in [1.807, 2.05) is 0 Å². The van der Waals surface area contributed by atoms with Crippen LogP contribution in [0.3, 0.4) is 0 Å². The first kappa shape index (κ1) is 15.7. The Balaban J connectivity index is 2.37. The minimum atomic E-state index is -4.42. The molecule has 0 unspecified atom stereocenters. The summed E-state index contributed by atoms with van der Waals surface area (Å²) in [5.74, 6) is -1.56. The maximum atomic E-state index is 11.8. The van der Waals surface area contributed by atoms with Crippen molar-refractivity contribution in [3.63, 3.8) is 0 Å². The minimum absolute atomic E-state index is 0.236. The molecule has 0 spiro atoms. The number of carbonyl (C=O) groups is 2. The second-order valence-corrected chi connectivity index (χ2v) is 4.35. The molecule has 0 radical (unpaired) electrons. The molecule has 5 nitrogen and oxygen atoms in total. The van der Waals surface area contributed by atoms with Crippen molar-refractivity contribution in [2.24, 2.45) is 0 Å². The van der Waals surface area contributed by atoms with Gasteiger partial charge in [0.25, 0.3) is 0 Å². The Bertz CT molecular complexity index is 332. The van der Waals surface area contributed by atoms with E-state index in [4.69, 9.17) is 5.11 Å². The topological polar surface area (TPSA) is 66.8 Å². The summed E-state index contributed by atoms with van der Waals surface area (Å²) in [6.45, 7) is -1.43. The van der Waals surface area contributed by atoms with Crippen LogP contribution in [0.4, 0.5) is 13.2 Å². The Morgan fingerprint density at radius 3 is 2.58 bits per heavy atom. The molecule has 0 aromatic heterocycles. The van der Waals surface area contributed by atoms with Crippen molar-refractivity contribution in [3.8, 4) is 0 Å². The van der Waals surface area contributed by atoms with E-state index in [0.29, 0.717) is 19.4 Å². The summed E-state index contributed by atoms with van der Waals surface area (Å²) in [6, 6.07) is -0.871. The van der Waals surface area contributed by atoms with Gasteiger partial charge in [-0.1, -0.05) is 0 Å². The van der Waals surface area contributed by atoms with E-state index >= 15 is 0 Å². The number of alkyl halides is 3. The van der Waals surface area contributed by atoms with Crippen LogP contribution < -0.4 is 0 Å². The number of rotatable bonds is 5. The predicted octanol–water partition coefficient (Wildman–Crippen LogP) is 1.42. The average Bonchev–Trinajstić information content (AvgIpc) is 2.33. The summed E-state index contributed by atoms with van der Waals surface area (Å²) in [5, 5.41) is 8.96. The maximum Gasteiger partial charge on any atom is 0.411 e. The Morgan fingerprint density at radius 2 is 2.00 bits per heavy atom. The zero-order chi connectivity index (χ0) is 14.5. The Morgan fingerprint density at radius 1 is 1.32 bits per heavy atom. The van der Waals surface area contributed by atoms with Crippen LogP contribution in [0.5, 0.6) is 0 Å². The fraction of sp³-hybridized carbons (Fsp3) is 0.818. The third-order valence-corrected chi connectivity index (χ3v) is 2.83. The third-order valence-electron chi connectivity index (χ3n) is 2.83. The van der Waals surface area contributed by atoms with Crippen LogP contribution in [0, 0.1) is 0 Å². The predicted molar refractivity (Wildman–Crippen MR) is 58.5 cm³/mol. The van der Waals surface area contributed by atoms with E-state index in [2.05, 4.69) is 4.74 Å². The van der Waals surface area contributed by atoms with Crippen LogP contribution in [0.25, 0.3) is 0 Å². The lowest BCUT2D eigenvalue weighted by atomic mass is 10.0. The highest BCUT2D eigenvalue weighted by Crippen LogP contribution is 2.18. The fourth-order valence-corrected chi connectivity index (χ4v) is 1.98. The quantitative estimate of drug-likeness (QED) is 0.775. The van der Waals surface area contributed by atoms with Gasteiger partial charge in [-0.3, -0.25) is 4.79 Å². The Labute approximate surface area is 108 Å². The molecule has 0 saturated carbocycles. The number of hydrogen-bond donors (Lipinski definition) is 1. The van der Waals surface area contributed by atoms with Gasteiger partial charge in [-0.05, 0) is 19.3 Å². The zero-order valence-corrected chi connectivity index (χ0v) is 10.3. The average molecular weight is 283 g/mol. The maximum absolute atomic E-state index is 11.8. The van der Waals surface area contributed by atoms with Gasteiger partial charge in [-0.25, -0.2) is 4.79 Å². The second kappa shape index (κ2) is 6.74. The van der Waals surface area contributed by atoms with Crippen LogP contribution in [-0.2, 0) is 14.3 Å². The molecule has 0 aromatic carbocycles. The van der Waals surface area contributed by atoms with Gasteiger partial charge in [-0.15, -0.1) is 0 Å². The first-order valence-electron chi connectivity index (χ1n) is 5.98. The van der Waals surface area contributed by atoms with E-state index < -0.39 is 30.7 Å². The molecule has 1 saturated heterocycles. The van der Waals surface area contributed by atoms with Gasteiger partial charge in [0.2, 0.25) is 5.91 Å². The smallest absolute Gasteiger partial charge is 0.411 e. The summed E-state index contributed by atoms with van der Waals surface area (Å²) in [6.07, 6.45) is -2.84. The third kappa shape index (κ3) is 5.46. The summed E-state index contributed by atoms with van der Waals surface area (Å²) in [5.41, 5.74) is 0. The minimum Gasteiger partial charge on any atom is -0.480 e. The molecule has 0 aromatic rings. The Kier molecular flexibility index (Phi) is 5.59. The van der Waals surface area contributed by atoms with E-state index in [9.17, 15) is 22.8 Å². The highest BCUT2D eigenvalue weighted by atomic mass is 19.4. The first-order chi connectivity index (χ1) is 8.81. The summed E-state index contributed by atoms with van der Waals surface area (Å²) in [7, 11) is 0. The van der Waals surface area contributed by atoms with Crippen LogP contribution in [0.15, 0.2) is 0 Å². The number of nitrogens with zero attached hydrogens (tertiary/aromatic N) is 1. The molecule has 19 heavy (non-hydrogen) atoms. The number of halogens is 3. The van der Waals surface area contributed by atoms with Crippen LogP contribution in [0.1, 0.15) is 25.7 Å². The molecule has 1 aliphatic heterocycles. The lowest BCUT2D eigenvalue weighted by Crippen LogP contribution is -2.48. The van der Waals surface area contributed by atoms with Gasteiger partial charge in [0, 0.05) is 6.54 Å². The van der Waals surface area contributed by atoms with Gasteiger partial charge in [0.05, 0.1) is 13.0 Å². The fourth-order valence-electron chi connectivity index (χ4n) is 1.98. The van der Waals surface area contributed by atoms with E-state index in [0.717, 1.165) is 6.42 Å². The molecule has 1 aliphatic rings. The van der Waals surface area contributed by atoms with Crippen molar-refractivity contribution in [1.29, 1.82) is 0 Å². The van der Waals surface area contributed by atoms with Gasteiger partial charge in [-0.2, -0.15) is 13.2 Å². The summed E-state index contributed by atoms with van der Waals surface area (Å²) in [4.78, 5) is 23.9. The van der Waals surface area contributed by atoms with Gasteiger partial charge in [0.1, 0.15) is 12.6 Å². The highest BCUT2D eigenvalue weighted by molar-refractivity contribution is 5.83. The van der Waals surface area contributed by atoms with Crippen LogP contribution in [-0.4, -0.2) is 53.9 Å². The van der Waals surface area contributed by atoms with Crippen molar-refractivity contribution in [2.75, 3.05) is 19.8 Å². The van der Waals surface area contributed by atoms with Crippen LogP contribution in [0.2, 0.25) is 0 Å². The molecule has 110 valence electrons. The number of hydrogen-bond acceptors (Lipinski definition) is 3. The number of amides is 1. The largest absolute Gasteiger partial charge is 0.480 e. The van der Waals surface area contributed by atoms with Gasteiger partial charge in [0.15, 0.2) is 0 Å². The molecule has 1 N–H and O–H groups in total. The van der Waals surface area contributed by atoms with E-state index in [1.165, 1.54) is 4.90 Å². The number of carboxylic acid groups (broad SMARTS) is 1. The molecule has 1 amide bonds. The van der Waals surface area contributed by atoms with Crippen molar-refractivity contribution in [3.05, 3.63) is 0 Å². The molecular formula is C11H16F3NO4. The van der Waals surface area contributed by atoms with E-state index in [1.54, 1.807) is 0 Å². The number of aliphatic carboxylic acids is 1. The zero-order valence-electron chi connectivity index (χ0n) is 10.3. The van der Waals surface area contributed by atoms with Crippen molar-refractivity contribution in [1.82, 2.24) is 4.90 Å². The molecule has 1 atom stereocenters. The molecule has 1 rings (SSSR count). The van der Waals surface area contributed by atoms with Crippen molar-refractivity contribution >= 4 is 11.9 Å². The summed E-state index contributed by atoms with van der Waals surface area (Å²) >= 11 is 0. The SMILES string of the molecule is O=C(O)[C@@H]1CCCCN1C(=O)CCOCC(F)(F)F. The molecule has 1 heterocycles. The molecule has 0 aliphatic carbocycles. The van der Waals surface area contributed by atoms with Crippen molar-refractivity contribution < 1.29 is 32.6 Å². The Hall–Kier alpha value is -1.31. The first-order valence-corrected chi connectivity index (χ1v) is 5.98. The van der Waals surface area contributed by atoms with Gasteiger partial charge >= 0.3 is 12.1 Å². The van der Waals surface area contributed by atoms with E-state index in [-0.39, 0.29) is 13.0 Å². The normalized spacial score (nSPS) is 20.4. The number of ether oxygens (including phenoxy) is 1.